The fourth-order valence-electron chi connectivity index (χ4n) is 2.64. The SMILES string of the molecule is O=CC1c2c(cccc2[N+](=O)[O-])CN1OCc1ccccc1. The number of nitrogens with zero attached hydrogens (tertiary/aromatic N) is 2. The molecule has 0 saturated carbocycles. The van der Waals surface area contributed by atoms with Crippen molar-refractivity contribution in [3.63, 3.8) is 0 Å². The zero-order chi connectivity index (χ0) is 15.5. The Morgan fingerprint density at radius 2 is 2.00 bits per heavy atom. The lowest BCUT2D eigenvalue weighted by atomic mass is 10.0. The van der Waals surface area contributed by atoms with Gasteiger partial charge in [0, 0.05) is 6.07 Å². The topological polar surface area (TPSA) is 72.7 Å². The number of hydrogen-bond donors (Lipinski definition) is 0. The van der Waals surface area contributed by atoms with Crippen molar-refractivity contribution in [2.75, 3.05) is 0 Å². The number of rotatable bonds is 5. The first-order chi connectivity index (χ1) is 10.7. The zero-order valence-electron chi connectivity index (χ0n) is 11.7. The molecule has 1 atom stereocenters. The number of aldehydes is 1. The minimum atomic E-state index is -0.750. The maximum Gasteiger partial charge on any atom is 0.275 e. The highest BCUT2D eigenvalue weighted by Crippen LogP contribution is 2.38. The van der Waals surface area contributed by atoms with E-state index in [0.29, 0.717) is 25.0 Å². The van der Waals surface area contributed by atoms with Gasteiger partial charge in [-0.15, -0.1) is 0 Å². The molecule has 22 heavy (non-hydrogen) atoms. The number of hydroxylamine groups is 2. The van der Waals surface area contributed by atoms with Crippen LogP contribution < -0.4 is 0 Å². The monoisotopic (exact) mass is 298 g/mol. The van der Waals surface area contributed by atoms with E-state index >= 15 is 0 Å². The van der Waals surface area contributed by atoms with E-state index in [4.69, 9.17) is 4.84 Å². The van der Waals surface area contributed by atoms with Crippen LogP contribution in [0.2, 0.25) is 0 Å². The smallest absolute Gasteiger partial charge is 0.275 e. The maximum atomic E-state index is 11.4. The number of nitro groups is 1. The average Bonchev–Trinajstić information content (AvgIpc) is 2.91. The van der Waals surface area contributed by atoms with E-state index in [9.17, 15) is 14.9 Å². The van der Waals surface area contributed by atoms with E-state index in [0.717, 1.165) is 11.1 Å². The Morgan fingerprint density at radius 3 is 2.68 bits per heavy atom. The Balaban J connectivity index is 1.82. The Labute approximate surface area is 127 Å². The summed E-state index contributed by atoms with van der Waals surface area (Å²) in [5.74, 6) is 0. The summed E-state index contributed by atoms with van der Waals surface area (Å²) in [6, 6.07) is 13.6. The third-order valence-electron chi connectivity index (χ3n) is 3.67. The van der Waals surface area contributed by atoms with Crippen LogP contribution in [0.15, 0.2) is 48.5 Å². The molecule has 0 amide bonds. The van der Waals surface area contributed by atoms with Crippen molar-refractivity contribution in [2.24, 2.45) is 0 Å². The van der Waals surface area contributed by atoms with E-state index < -0.39 is 11.0 Å². The van der Waals surface area contributed by atoms with Crippen LogP contribution >= 0.6 is 0 Å². The summed E-state index contributed by atoms with van der Waals surface area (Å²) in [5, 5.41) is 12.6. The summed E-state index contributed by atoms with van der Waals surface area (Å²) < 4.78 is 0. The molecule has 2 aromatic rings. The molecule has 1 heterocycles. The van der Waals surface area contributed by atoms with Crippen LogP contribution in [-0.2, 0) is 22.8 Å². The first-order valence-electron chi connectivity index (χ1n) is 6.85. The molecule has 112 valence electrons. The van der Waals surface area contributed by atoms with E-state index in [2.05, 4.69) is 0 Å². The van der Waals surface area contributed by atoms with Crippen molar-refractivity contribution >= 4 is 12.0 Å². The van der Waals surface area contributed by atoms with Crippen molar-refractivity contribution in [1.82, 2.24) is 5.06 Å². The maximum absolute atomic E-state index is 11.4. The average molecular weight is 298 g/mol. The summed E-state index contributed by atoms with van der Waals surface area (Å²) in [6.45, 7) is 0.667. The predicted octanol–water partition coefficient (Wildman–Crippen LogP) is 2.78. The van der Waals surface area contributed by atoms with E-state index in [-0.39, 0.29) is 5.69 Å². The number of carbonyl (C=O) groups is 1. The number of nitro benzene ring substituents is 1. The molecule has 1 aliphatic rings. The first-order valence-corrected chi connectivity index (χ1v) is 6.85. The molecule has 6 nitrogen and oxygen atoms in total. The molecule has 0 bridgehead atoms. The van der Waals surface area contributed by atoms with Crippen molar-refractivity contribution < 1.29 is 14.6 Å². The number of hydrogen-bond acceptors (Lipinski definition) is 5. The zero-order valence-corrected chi connectivity index (χ0v) is 11.7. The standard InChI is InChI=1S/C16H14N2O4/c19-10-15-16-13(7-4-8-14(16)18(20)21)9-17(15)22-11-12-5-2-1-3-6-12/h1-8,10,15H,9,11H2. The Bertz CT molecular complexity index is 703. The molecule has 0 spiro atoms. The minimum Gasteiger partial charge on any atom is -0.301 e. The van der Waals surface area contributed by atoms with Gasteiger partial charge in [0.05, 0.1) is 23.6 Å². The summed E-state index contributed by atoms with van der Waals surface area (Å²) in [5.41, 5.74) is 2.10. The van der Waals surface area contributed by atoms with Gasteiger partial charge in [0.15, 0.2) is 0 Å². The highest BCUT2D eigenvalue weighted by Gasteiger charge is 2.36. The number of carbonyl (C=O) groups excluding carboxylic acids is 1. The fraction of sp³-hybridized carbons (Fsp3) is 0.188. The number of benzene rings is 2. The molecular formula is C16H14N2O4. The second-order valence-corrected chi connectivity index (χ2v) is 5.02. The van der Waals surface area contributed by atoms with Crippen LogP contribution in [0.4, 0.5) is 5.69 Å². The van der Waals surface area contributed by atoms with Crippen LogP contribution in [-0.4, -0.2) is 16.3 Å². The first kappa shape index (κ1) is 14.4. The van der Waals surface area contributed by atoms with Gasteiger partial charge < -0.3 is 4.79 Å². The van der Waals surface area contributed by atoms with Gasteiger partial charge in [-0.2, -0.15) is 5.06 Å². The molecule has 3 rings (SSSR count). The lowest BCUT2D eigenvalue weighted by Crippen LogP contribution is -2.23. The van der Waals surface area contributed by atoms with E-state index in [1.807, 2.05) is 30.3 Å². The molecule has 0 fully saturated rings. The Hall–Kier alpha value is -2.57. The lowest BCUT2D eigenvalue weighted by molar-refractivity contribution is -0.386. The quantitative estimate of drug-likeness (QED) is 0.482. The highest BCUT2D eigenvalue weighted by molar-refractivity contribution is 5.68. The molecule has 0 saturated heterocycles. The minimum absolute atomic E-state index is 0.0413. The van der Waals surface area contributed by atoms with Crippen molar-refractivity contribution in [3.8, 4) is 0 Å². The molecule has 2 aromatic carbocycles. The van der Waals surface area contributed by atoms with Crippen molar-refractivity contribution in [3.05, 3.63) is 75.3 Å². The molecule has 1 unspecified atom stereocenters. The molecule has 1 aliphatic heterocycles. The van der Waals surface area contributed by atoms with Crippen LogP contribution in [0.25, 0.3) is 0 Å². The summed E-state index contributed by atoms with van der Waals surface area (Å²) >= 11 is 0. The third kappa shape index (κ3) is 2.61. The predicted molar refractivity (Wildman–Crippen MR) is 78.7 cm³/mol. The molecule has 0 aromatic heterocycles. The lowest BCUT2D eigenvalue weighted by Gasteiger charge is -2.19. The molecule has 0 radical (unpaired) electrons. The van der Waals surface area contributed by atoms with Gasteiger partial charge in [-0.05, 0) is 11.1 Å². The van der Waals surface area contributed by atoms with Gasteiger partial charge in [-0.3, -0.25) is 15.0 Å². The molecule has 0 N–H and O–H groups in total. The van der Waals surface area contributed by atoms with E-state index in [1.54, 1.807) is 12.1 Å². The third-order valence-corrected chi connectivity index (χ3v) is 3.67. The molecule has 6 heteroatoms. The number of fused-ring (bicyclic) bond motifs is 1. The van der Waals surface area contributed by atoms with Gasteiger partial charge in [0.2, 0.25) is 0 Å². The van der Waals surface area contributed by atoms with Crippen LogP contribution in [0, 0.1) is 10.1 Å². The van der Waals surface area contributed by atoms with Crippen LogP contribution in [0.5, 0.6) is 0 Å². The Kier molecular flexibility index (Phi) is 3.95. The van der Waals surface area contributed by atoms with Gasteiger partial charge in [0.25, 0.3) is 5.69 Å². The molecular weight excluding hydrogens is 284 g/mol. The summed E-state index contributed by atoms with van der Waals surface area (Å²) in [4.78, 5) is 27.8. The second kappa shape index (κ2) is 6.05. The van der Waals surface area contributed by atoms with Crippen LogP contribution in [0.1, 0.15) is 22.7 Å². The van der Waals surface area contributed by atoms with Gasteiger partial charge in [0.1, 0.15) is 12.3 Å². The largest absolute Gasteiger partial charge is 0.301 e. The van der Waals surface area contributed by atoms with Crippen molar-refractivity contribution in [1.29, 1.82) is 0 Å². The van der Waals surface area contributed by atoms with Crippen molar-refractivity contribution in [2.45, 2.75) is 19.2 Å². The highest BCUT2D eigenvalue weighted by atomic mass is 16.7. The van der Waals surface area contributed by atoms with Crippen LogP contribution in [0.3, 0.4) is 0 Å². The summed E-state index contributed by atoms with van der Waals surface area (Å²) in [7, 11) is 0. The van der Waals surface area contributed by atoms with E-state index in [1.165, 1.54) is 11.1 Å². The van der Waals surface area contributed by atoms with Gasteiger partial charge in [-0.25, -0.2) is 0 Å². The second-order valence-electron chi connectivity index (χ2n) is 5.02. The van der Waals surface area contributed by atoms with Gasteiger partial charge in [-0.1, -0.05) is 42.5 Å². The fourth-order valence-corrected chi connectivity index (χ4v) is 2.64. The van der Waals surface area contributed by atoms with Gasteiger partial charge >= 0.3 is 0 Å². The molecule has 0 aliphatic carbocycles. The summed E-state index contributed by atoms with van der Waals surface area (Å²) in [6.07, 6.45) is 0.684. The Morgan fingerprint density at radius 1 is 1.23 bits per heavy atom. The normalized spacial score (nSPS) is 17.2.